The number of nitrogens with one attached hydrogen (secondary N) is 1. The minimum Gasteiger partial charge on any atom is -0.452 e. The Hall–Kier alpha value is -1.80. The highest BCUT2D eigenvalue weighted by atomic mass is 127. The van der Waals surface area contributed by atoms with Crippen molar-refractivity contribution in [2.24, 2.45) is 0 Å². The molecular formula is C18H16INO3S. The van der Waals surface area contributed by atoms with Crippen LogP contribution in [0.5, 0.6) is 0 Å². The zero-order chi connectivity index (χ0) is 17.4. The van der Waals surface area contributed by atoms with E-state index in [1.165, 1.54) is 6.08 Å². The van der Waals surface area contributed by atoms with Crippen LogP contribution in [0, 0.1) is 3.57 Å². The zero-order valence-electron chi connectivity index (χ0n) is 13.0. The van der Waals surface area contributed by atoms with Gasteiger partial charge in [-0.1, -0.05) is 18.2 Å². The van der Waals surface area contributed by atoms with Gasteiger partial charge in [0, 0.05) is 20.2 Å². The van der Waals surface area contributed by atoms with E-state index in [2.05, 4.69) is 27.9 Å². The Kier molecular flexibility index (Phi) is 7.33. The molecule has 2 aromatic carbocycles. The summed E-state index contributed by atoms with van der Waals surface area (Å²) in [6.07, 6.45) is 4.97. The minimum absolute atomic E-state index is 0.319. The third-order valence-electron chi connectivity index (χ3n) is 2.98. The van der Waals surface area contributed by atoms with E-state index in [1.807, 2.05) is 48.7 Å². The molecule has 0 radical (unpaired) electrons. The minimum atomic E-state index is -0.554. The lowest BCUT2D eigenvalue weighted by Crippen LogP contribution is -2.20. The van der Waals surface area contributed by atoms with Crippen molar-refractivity contribution < 1.29 is 14.3 Å². The molecule has 1 amide bonds. The van der Waals surface area contributed by atoms with Crippen molar-refractivity contribution in [2.45, 2.75) is 4.90 Å². The van der Waals surface area contributed by atoms with Gasteiger partial charge in [0.15, 0.2) is 6.61 Å². The van der Waals surface area contributed by atoms with E-state index in [-0.39, 0.29) is 12.5 Å². The smallest absolute Gasteiger partial charge is 0.331 e. The molecule has 2 aromatic rings. The van der Waals surface area contributed by atoms with Gasteiger partial charge in [-0.25, -0.2) is 4.79 Å². The summed E-state index contributed by atoms with van der Waals surface area (Å²) >= 11 is 3.81. The van der Waals surface area contributed by atoms with Crippen LogP contribution in [0.2, 0.25) is 0 Å². The third kappa shape index (κ3) is 6.37. The molecular weight excluding hydrogens is 437 g/mol. The summed E-state index contributed by atoms with van der Waals surface area (Å²) < 4.78 is 5.94. The highest BCUT2D eigenvalue weighted by molar-refractivity contribution is 14.1. The van der Waals surface area contributed by atoms with Gasteiger partial charge in [0.05, 0.1) is 0 Å². The number of anilines is 1. The van der Waals surface area contributed by atoms with Gasteiger partial charge in [-0.3, -0.25) is 4.79 Å². The lowest BCUT2D eigenvalue weighted by atomic mass is 10.2. The first-order chi connectivity index (χ1) is 11.6. The summed E-state index contributed by atoms with van der Waals surface area (Å²) in [5.41, 5.74) is 1.57. The Labute approximate surface area is 158 Å². The molecule has 6 heteroatoms. The lowest BCUT2D eigenvalue weighted by molar-refractivity contribution is -0.142. The number of thioether (sulfide) groups is 1. The van der Waals surface area contributed by atoms with Crippen molar-refractivity contribution in [1.29, 1.82) is 0 Å². The van der Waals surface area contributed by atoms with E-state index < -0.39 is 5.97 Å². The van der Waals surface area contributed by atoms with Crippen LogP contribution in [0.15, 0.2) is 59.5 Å². The van der Waals surface area contributed by atoms with Crippen molar-refractivity contribution in [2.75, 3.05) is 18.2 Å². The fourth-order valence-corrected chi connectivity index (χ4v) is 2.78. The number of rotatable bonds is 6. The predicted molar refractivity (Wildman–Crippen MR) is 106 cm³/mol. The zero-order valence-corrected chi connectivity index (χ0v) is 16.0. The lowest BCUT2D eigenvalue weighted by Gasteiger charge is -2.05. The van der Waals surface area contributed by atoms with E-state index in [0.29, 0.717) is 5.69 Å². The first-order valence-corrected chi connectivity index (χ1v) is 9.41. The largest absolute Gasteiger partial charge is 0.452 e. The summed E-state index contributed by atoms with van der Waals surface area (Å²) in [5.74, 6) is -0.926. The number of esters is 1. The van der Waals surface area contributed by atoms with Crippen molar-refractivity contribution in [3.63, 3.8) is 0 Å². The van der Waals surface area contributed by atoms with E-state index in [1.54, 1.807) is 23.9 Å². The maximum Gasteiger partial charge on any atom is 0.331 e. The molecule has 0 aliphatic rings. The van der Waals surface area contributed by atoms with Crippen LogP contribution in [0.1, 0.15) is 5.56 Å². The number of halogens is 1. The van der Waals surface area contributed by atoms with Crippen LogP contribution in [0.4, 0.5) is 5.69 Å². The standard InChI is InChI=1S/C18H16INO3S/c1-24-16-8-5-13(6-9-16)7-10-18(22)23-12-17(21)20-15-4-2-3-14(19)11-15/h2-11H,12H2,1H3,(H,20,21). The predicted octanol–water partition coefficient (Wildman–Crippen LogP) is 4.21. The van der Waals surface area contributed by atoms with Gasteiger partial charge in [-0.05, 0) is 70.8 Å². The SMILES string of the molecule is CSc1ccc(C=CC(=O)OCC(=O)Nc2cccc(I)c2)cc1. The maximum absolute atomic E-state index is 11.8. The third-order valence-corrected chi connectivity index (χ3v) is 4.40. The number of hydrogen-bond donors (Lipinski definition) is 1. The molecule has 0 saturated carbocycles. The highest BCUT2D eigenvalue weighted by Crippen LogP contribution is 2.15. The van der Waals surface area contributed by atoms with E-state index >= 15 is 0 Å². The quantitative estimate of drug-likeness (QED) is 0.308. The van der Waals surface area contributed by atoms with Gasteiger partial charge in [0.1, 0.15) is 0 Å². The molecule has 0 atom stereocenters. The Bertz CT molecular complexity index is 744. The van der Waals surface area contributed by atoms with Crippen LogP contribution in [0.3, 0.4) is 0 Å². The molecule has 4 nitrogen and oxygen atoms in total. The molecule has 0 aromatic heterocycles. The second kappa shape index (κ2) is 9.48. The van der Waals surface area contributed by atoms with E-state index in [9.17, 15) is 9.59 Å². The molecule has 2 rings (SSSR count). The number of carbonyl (C=O) groups excluding carboxylic acids is 2. The molecule has 0 aliphatic carbocycles. The maximum atomic E-state index is 11.8. The van der Waals surface area contributed by atoms with Gasteiger partial charge in [0.2, 0.25) is 0 Å². The van der Waals surface area contributed by atoms with Gasteiger partial charge >= 0.3 is 5.97 Å². The van der Waals surface area contributed by atoms with Crippen LogP contribution < -0.4 is 5.32 Å². The first-order valence-electron chi connectivity index (χ1n) is 7.11. The van der Waals surface area contributed by atoms with Gasteiger partial charge in [-0.2, -0.15) is 0 Å². The molecule has 1 N–H and O–H groups in total. The molecule has 24 heavy (non-hydrogen) atoms. The Morgan fingerprint density at radius 2 is 1.96 bits per heavy atom. The average molecular weight is 453 g/mol. The van der Waals surface area contributed by atoms with Crippen LogP contribution in [0.25, 0.3) is 6.08 Å². The van der Waals surface area contributed by atoms with Gasteiger partial charge < -0.3 is 10.1 Å². The molecule has 0 spiro atoms. The van der Waals surface area contributed by atoms with Crippen molar-refractivity contribution in [3.05, 3.63) is 63.7 Å². The topological polar surface area (TPSA) is 55.4 Å². The highest BCUT2D eigenvalue weighted by Gasteiger charge is 2.06. The summed E-state index contributed by atoms with van der Waals surface area (Å²) in [6.45, 7) is -0.319. The molecule has 0 bridgehead atoms. The normalized spacial score (nSPS) is 10.6. The second-order valence-electron chi connectivity index (χ2n) is 4.77. The average Bonchev–Trinajstić information content (AvgIpc) is 2.58. The van der Waals surface area contributed by atoms with Crippen molar-refractivity contribution in [3.8, 4) is 0 Å². The molecule has 0 fully saturated rings. The van der Waals surface area contributed by atoms with E-state index in [0.717, 1.165) is 14.0 Å². The summed E-state index contributed by atoms with van der Waals surface area (Å²) in [7, 11) is 0. The second-order valence-corrected chi connectivity index (χ2v) is 6.90. The Balaban J connectivity index is 1.79. The van der Waals surface area contributed by atoms with Crippen LogP contribution >= 0.6 is 34.4 Å². The number of hydrogen-bond acceptors (Lipinski definition) is 4. The van der Waals surface area contributed by atoms with Gasteiger partial charge in [0.25, 0.3) is 5.91 Å². The number of amides is 1. The molecule has 0 aliphatic heterocycles. The van der Waals surface area contributed by atoms with E-state index in [4.69, 9.17) is 4.74 Å². The molecule has 0 heterocycles. The summed E-state index contributed by atoms with van der Waals surface area (Å²) in [6, 6.07) is 15.2. The summed E-state index contributed by atoms with van der Waals surface area (Å²) in [4.78, 5) is 24.6. The van der Waals surface area contributed by atoms with Crippen LogP contribution in [-0.4, -0.2) is 24.7 Å². The van der Waals surface area contributed by atoms with Crippen molar-refractivity contribution >= 4 is 58.0 Å². The molecule has 0 saturated heterocycles. The monoisotopic (exact) mass is 453 g/mol. The Morgan fingerprint density at radius 1 is 1.21 bits per heavy atom. The molecule has 124 valence electrons. The van der Waals surface area contributed by atoms with Crippen molar-refractivity contribution in [1.82, 2.24) is 0 Å². The van der Waals surface area contributed by atoms with Crippen LogP contribution in [-0.2, 0) is 14.3 Å². The Morgan fingerprint density at radius 3 is 2.62 bits per heavy atom. The molecule has 0 unspecified atom stereocenters. The first kappa shape index (κ1) is 18.5. The number of benzene rings is 2. The number of carbonyl (C=O) groups is 2. The summed E-state index contributed by atoms with van der Waals surface area (Å²) in [5, 5.41) is 2.68. The fraction of sp³-hybridized carbons (Fsp3) is 0.111. The van der Waals surface area contributed by atoms with Gasteiger partial charge in [-0.15, -0.1) is 11.8 Å². The number of ether oxygens (including phenoxy) is 1. The fourth-order valence-electron chi connectivity index (χ4n) is 1.83.